The fraction of sp³-hybridized carbons (Fsp3) is 0.158. The molecule has 0 unspecified atom stereocenters. The molecule has 0 spiro atoms. The molecule has 2 rings (SSSR count). The molecule has 7 heteroatoms. The standard InChI is InChI=1S/C19H18F2N2O3/c1-26-15-6-2-13(3-7-15)4-9-18(24)22-11-10-19(25)23-14-5-8-16(20)17(21)12-14/h2-9,12H,10-11H2,1H3,(H,22,24)(H,23,25). The topological polar surface area (TPSA) is 67.4 Å². The third-order valence-corrected chi connectivity index (χ3v) is 3.40. The third-order valence-electron chi connectivity index (χ3n) is 3.40. The van der Waals surface area contributed by atoms with Gasteiger partial charge in [-0.25, -0.2) is 8.78 Å². The second-order valence-corrected chi connectivity index (χ2v) is 5.32. The van der Waals surface area contributed by atoms with Gasteiger partial charge >= 0.3 is 0 Å². The van der Waals surface area contributed by atoms with Gasteiger partial charge in [-0.1, -0.05) is 12.1 Å². The van der Waals surface area contributed by atoms with Gasteiger partial charge in [0.2, 0.25) is 11.8 Å². The summed E-state index contributed by atoms with van der Waals surface area (Å²) in [5.74, 6) is -2.07. The first-order valence-electron chi connectivity index (χ1n) is 7.83. The van der Waals surface area contributed by atoms with Crippen LogP contribution in [0, 0.1) is 11.6 Å². The lowest BCUT2D eigenvalue weighted by molar-refractivity contribution is -0.117. The second kappa shape index (κ2) is 9.31. The molecule has 0 fully saturated rings. The number of halogens is 2. The SMILES string of the molecule is COc1ccc(C=CC(=O)NCCC(=O)Nc2ccc(F)c(F)c2)cc1. The Bertz CT molecular complexity index is 805. The summed E-state index contributed by atoms with van der Waals surface area (Å²) in [5.41, 5.74) is 0.983. The van der Waals surface area contributed by atoms with Gasteiger partial charge in [0, 0.05) is 30.8 Å². The van der Waals surface area contributed by atoms with Crippen molar-refractivity contribution in [3.63, 3.8) is 0 Å². The van der Waals surface area contributed by atoms with Gasteiger partial charge in [0.1, 0.15) is 5.75 Å². The number of carbonyl (C=O) groups excluding carboxylic acids is 2. The van der Waals surface area contributed by atoms with Crippen LogP contribution in [-0.4, -0.2) is 25.5 Å². The molecule has 2 aromatic carbocycles. The molecule has 5 nitrogen and oxygen atoms in total. The second-order valence-electron chi connectivity index (χ2n) is 5.32. The molecule has 0 aliphatic rings. The monoisotopic (exact) mass is 360 g/mol. The zero-order valence-corrected chi connectivity index (χ0v) is 14.1. The van der Waals surface area contributed by atoms with Gasteiger partial charge in [0.25, 0.3) is 0 Å². The molecule has 2 N–H and O–H groups in total. The molecular formula is C19H18F2N2O3. The van der Waals surface area contributed by atoms with Gasteiger partial charge in [-0.3, -0.25) is 9.59 Å². The third kappa shape index (κ3) is 6.01. The van der Waals surface area contributed by atoms with Crippen LogP contribution < -0.4 is 15.4 Å². The lowest BCUT2D eigenvalue weighted by atomic mass is 10.2. The average molecular weight is 360 g/mol. The van der Waals surface area contributed by atoms with Gasteiger partial charge in [-0.15, -0.1) is 0 Å². The van der Waals surface area contributed by atoms with Crippen LogP contribution in [0.1, 0.15) is 12.0 Å². The molecular weight excluding hydrogens is 342 g/mol. The van der Waals surface area contributed by atoms with Gasteiger partial charge < -0.3 is 15.4 Å². The number of benzene rings is 2. The lowest BCUT2D eigenvalue weighted by Crippen LogP contribution is -2.26. The minimum Gasteiger partial charge on any atom is -0.497 e. The molecule has 0 heterocycles. The van der Waals surface area contributed by atoms with Gasteiger partial charge in [0.15, 0.2) is 11.6 Å². The Morgan fingerprint density at radius 1 is 1.08 bits per heavy atom. The number of ether oxygens (including phenoxy) is 1. The number of hydrogen-bond donors (Lipinski definition) is 2. The van der Waals surface area contributed by atoms with Gasteiger partial charge in [-0.05, 0) is 35.9 Å². The van der Waals surface area contributed by atoms with E-state index in [2.05, 4.69) is 10.6 Å². The quantitative estimate of drug-likeness (QED) is 0.746. The van der Waals surface area contributed by atoms with E-state index in [1.807, 2.05) is 0 Å². The summed E-state index contributed by atoms with van der Waals surface area (Å²) >= 11 is 0. The maximum Gasteiger partial charge on any atom is 0.244 e. The first kappa shape index (κ1) is 19.1. The van der Waals surface area contributed by atoms with Gasteiger partial charge in [-0.2, -0.15) is 0 Å². The lowest BCUT2D eigenvalue weighted by Gasteiger charge is -2.06. The van der Waals surface area contributed by atoms with Crippen LogP contribution in [0.5, 0.6) is 5.75 Å². The van der Waals surface area contributed by atoms with Crippen LogP contribution in [0.15, 0.2) is 48.5 Å². The molecule has 26 heavy (non-hydrogen) atoms. The average Bonchev–Trinajstić information content (AvgIpc) is 2.63. The predicted molar refractivity (Wildman–Crippen MR) is 94.6 cm³/mol. The first-order valence-corrected chi connectivity index (χ1v) is 7.83. The van der Waals surface area contributed by atoms with Crippen LogP contribution >= 0.6 is 0 Å². The van der Waals surface area contributed by atoms with Crippen molar-refractivity contribution in [3.05, 3.63) is 65.7 Å². The predicted octanol–water partition coefficient (Wildman–Crippen LogP) is 3.13. The van der Waals surface area contributed by atoms with Crippen molar-refractivity contribution < 1.29 is 23.1 Å². The largest absolute Gasteiger partial charge is 0.497 e. The number of nitrogens with one attached hydrogen (secondary N) is 2. The Hall–Kier alpha value is -3.22. The van der Waals surface area contributed by atoms with Crippen LogP contribution in [0.25, 0.3) is 6.08 Å². The highest BCUT2D eigenvalue weighted by molar-refractivity contribution is 5.93. The summed E-state index contributed by atoms with van der Waals surface area (Å²) in [6.07, 6.45) is 2.99. The molecule has 2 aromatic rings. The molecule has 0 aliphatic carbocycles. The molecule has 0 aliphatic heterocycles. The number of anilines is 1. The van der Waals surface area contributed by atoms with Crippen molar-refractivity contribution in [2.24, 2.45) is 0 Å². The maximum absolute atomic E-state index is 13.1. The number of methoxy groups -OCH3 is 1. The van der Waals surface area contributed by atoms with Crippen LogP contribution in [-0.2, 0) is 9.59 Å². The van der Waals surface area contributed by atoms with Crippen molar-refractivity contribution in [1.29, 1.82) is 0 Å². The van der Waals surface area contributed by atoms with E-state index in [1.165, 1.54) is 12.1 Å². The molecule has 0 atom stereocenters. The van der Waals surface area contributed by atoms with E-state index in [0.29, 0.717) is 0 Å². The van der Waals surface area contributed by atoms with E-state index in [4.69, 9.17) is 4.74 Å². The van der Waals surface area contributed by atoms with E-state index in [9.17, 15) is 18.4 Å². The van der Waals surface area contributed by atoms with Crippen molar-refractivity contribution >= 4 is 23.6 Å². The zero-order valence-electron chi connectivity index (χ0n) is 14.1. The minimum absolute atomic E-state index is 0.00110. The number of amides is 2. The van der Waals surface area contributed by atoms with Crippen molar-refractivity contribution in [3.8, 4) is 5.75 Å². The Balaban J connectivity index is 1.73. The van der Waals surface area contributed by atoms with Gasteiger partial charge in [0.05, 0.1) is 7.11 Å². The fourth-order valence-electron chi connectivity index (χ4n) is 2.04. The fourth-order valence-corrected chi connectivity index (χ4v) is 2.04. The normalized spacial score (nSPS) is 10.6. The van der Waals surface area contributed by atoms with Crippen LogP contribution in [0.2, 0.25) is 0 Å². The summed E-state index contributed by atoms with van der Waals surface area (Å²) < 4.78 is 30.9. The number of hydrogen-bond acceptors (Lipinski definition) is 3. The summed E-state index contributed by atoms with van der Waals surface area (Å²) in [7, 11) is 1.57. The molecule has 0 bridgehead atoms. The van der Waals surface area contributed by atoms with E-state index >= 15 is 0 Å². The molecule has 0 radical (unpaired) electrons. The highest BCUT2D eigenvalue weighted by Crippen LogP contribution is 2.13. The van der Waals surface area contributed by atoms with Crippen LogP contribution in [0.3, 0.4) is 0 Å². The summed E-state index contributed by atoms with van der Waals surface area (Å²) in [6.45, 7) is 0.112. The smallest absolute Gasteiger partial charge is 0.244 e. The summed E-state index contributed by atoms with van der Waals surface area (Å²) in [6, 6.07) is 10.2. The summed E-state index contributed by atoms with van der Waals surface area (Å²) in [5, 5.41) is 4.99. The van der Waals surface area contributed by atoms with E-state index in [0.717, 1.165) is 23.4 Å². The number of carbonyl (C=O) groups is 2. The minimum atomic E-state index is -1.04. The van der Waals surface area contributed by atoms with E-state index < -0.39 is 17.5 Å². The number of rotatable bonds is 7. The Morgan fingerprint density at radius 3 is 2.46 bits per heavy atom. The molecule has 0 aromatic heterocycles. The summed E-state index contributed by atoms with van der Waals surface area (Å²) in [4.78, 5) is 23.4. The molecule has 136 valence electrons. The molecule has 2 amide bonds. The highest BCUT2D eigenvalue weighted by Gasteiger charge is 2.06. The molecule has 0 saturated heterocycles. The van der Waals surface area contributed by atoms with E-state index in [-0.39, 0.29) is 24.6 Å². The Morgan fingerprint density at radius 2 is 1.81 bits per heavy atom. The highest BCUT2D eigenvalue weighted by atomic mass is 19.2. The van der Waals surface area contributed by atoms with Crippen molar-refractivity contribution in [2.75, 3.05) is 19.0 Å². The zero-order chi connectivity index (χ0) is 18.9. The van der Waals surface area contributed by atoms with Crippen molar-refractivity contribution in [1.82, 2.24) is 5.32 Å². The Kier molecular flexibility index (Phi) is 6.84. The van der Waals surface area contributed by atoms with E-state index in [1.54, 1.807) is 37.5 Å². The maximum atomic E-state index is 13.1. The molecule has 0 saturated carbocycles. The Labute approximate surface area is 149 Å². The van der Waals surface area contributed by atoms with Crippen LogP contribution in [0.4, 0.5) is 14.5 Å². The van der Waals surface area contributed by atoms with Crippen molar-refractivity contribution in [2.45, 2.75) is 6.42 Å². The first-order chi connectivity index (χ1) is 12.5.